The Morgan fingerprint density at radius 1 is 1.06 bits per heavy atom. The van der Waals surface area contributed by atoms with Crippen molar-refractivity contribution in [1.29, 1.82) is 0 Å². The zero-order valence-corrected chi connectivity index (χ0v) is 10.2. The molecule has 2 aromatic carbocycles. The fraction of sp³-hybridized carbons (Fsp3) is 0.0714. The Kier molecular flexibility index (Phi) is 2.53. The van der Waals surface area contributed by atoms with Crippen LogP contribution in [0.25, 0.3) is 21.2 Å². The van der Waals surface area contributed by atoms with Crippen molar-refractivity contribution >= 4 is 22.3 Å². The van der Waals surface area contributed by atoms with Gasteiger partial charge in [-0.25, -0.2) is 4.37 Å². The van der Waals surface area contributed by atoms with Crippen molar-refractivity contribution in [2.24, 2.45) is 0 Å². The van der Waals surface area contributed by atoms with Crippen molar-refractivity contribution in [1.82, 2.24) is 4.37 Å². The molecule has 0 radical (unpaired) electrons. The minimum Gasteiger partial charge on any atom is -0.496 e. The van der Waals surface area contributed by atoms with Gasteiger partial charge in [0, 0.05) is 17.1 Å². The molecule has 0 bridgehead atoms. The molecule has 0 N–H and O–H groups in total. The van der Waals surface area contributed by atoms with E-state index in [4.69, 9.17) is 4.74 Å². The van der Waals surface area contributed by atoms with Crippen molar-refractivity contribution in [3.05, 3.63) is 48.7 Å². The third-order valence-electron chi connectivity index (χ3n) is 2.79. The number of rotatable bonds is 2. The summed E-state index contributed by atoms with van der Waals surface area (Å²) in [5.41, 5.74) is 1.18. The van der Waals surface area contributed by atoms with Gasteiger partial charge in [-0.15, -0.1) is 0 Å². The van der Waals surface area contributed by atoms with Gasteiger partial charge in [0.1, 0.15) is 5.75 Å². The largest absolute Gasteiger partial charge is 0.496 e. The summed E-state index contributed by atoms with van der Waals surface area (Å²) < 4.78 is 9.61. The second-order valence-corrected chi connectivity index (χ2v) is 4.57. The third kappa shape index (κ3) is 1.68. The van der Waals surface area contributed by atoms with Crippen LogP contribution in [0.2, 0.25) is 0 Å². The Balaban J connectivity index is 2.38. The van der Waals surface area contributed by atoms with E-state index in [0.717, 1.165) is 11.1 Å². The van der Waals surface area contributed by atoms with Gasteiger partial charge >= 0.3 is 0 Å². The number of ether oxygens (including phenoxy) is 1. The van der Waals surface area contributed by atoms with Crippen molar-refractivity contribution in [2.45, 2.75) is 0 Å². The van der Waals surface area contributed by atoms with Crippen LogP contribution in [0.15, 0.2) is 48.7 Å². The quantitative estimate of drug-likeness (QED) is 0.677. The van der Waals surface area contributed by atoms with E-state index in [2.05, 4.69) is 28.6 Å². The molecule has 0 fully saturated rings. The highest BCUT2D eigenvalue weighted by Crippen LogP contribution is 2.36. The highest BCUT2D eigenvalue weighted by atomic mass is 32.1. The maximum Gasteiger partial charge on any atom is 0.127 e. The van der Waals surface area contributed by atoms with Gasteiger partial charge in [-0.2, -0.15) is 0 Å². The van der Waals surface area contributed by atoms with E-state index >= 15 is 0 Å². The lowest BCUT2D eigenvalue weighted by atomic mass is 10.0. The Bertz CT molecular complexity index is 641. The lowest BCUT2D eigenvalue weighted by Gasteiger charge is -2.09. The molecule has 1 heterocycles. The Hall–Kier alpha value is -1.87. The Labute approximate surface area is 104 Å². The van der Waals surface area contributed by atoms with E-state index in [1.165, 1.54) is 27.4 Å². The van der Waals surface area contributed by atoms with E-state index in [1.807, 2.05) is 24.4 Å². The van der Waals surface area contributed by atoms with Gasteiger partial charge in [0.25, 0.3) is 0 Å². The number of nitrogens with zero attached hydrogens (tertiary/aromatic N) is 1. The molecular formula is C14H11NOS. The van der Waals surface area contributed by atoms with Crippen LogP contribution in [0, 0.1) is 0 Å². The predicted octanol–water partition coefficient (Wildman–Crippen LogP) is 3.97. The molecule has 3 rings (SSSR count). The van der Waals surface area contributed by atoms with Crippen molar-refractivity contribution in [2.75, 3.05) is 7.11 Å². The summed E-state index contributed by atoms with van der Waals surface area (Å²) in [7, 11) is 1.71. The summed E-state index contributed by atoms with van der Waals surface area (Å²) in [5.74, 6) is 0.909. The number of benzene rings is 2. The molecule has 1 aromatic heterocycles. The van der Waals surface area contributed by atoms with Gasteiger partial charge in [-0.1, -0.05) is 30.3 Å². The normalized spacial score (nSPS) is 10.6. The summed E-state index contributed by atoms with van der Waals surface area (Å²) in [4.78, 5) is 1.17. The highest BCUT2D eigenvalue weighted by molar-refractivity contribution is 7.09. The van der Waals surface area contributed by atoms with E-state index in [0.29, 0.717) is 0 Å². The number of fused-ring (bicyclic) bond motifs is 1. The molecule has 3 aromatic rings. The van der Waals surface area contributed by atoms with Crippen LogP contribution in [0.3, 0.4) is 0 Å². The fourth-order valence-corrected chi connectivity index (χ4v) is 2.66. The Morgan fingerprint density at radius 3 is 2.59 bits per heavy atom. The molecular weight excluding hydrogens is 230 g/mol. The zero-order valence-electron chi connectivity index (χ0n) is 9.38. The maximum atomic E-state index is 5.45. The average Bonchev–Trinajstić information content (AvgIpc) is 2.91. The predicted molar refractivity (Wildman–Crippen MR) is 71.6 cm³/mol. The molecule has 0 amide bonds. The first-order valence-electron chi connectivity index (χ1n) is 5.37. The molecule has 84 valence electrons. The zero-order chi connectivity index (χ0) is 11.7. The van der Waals surface area contributed by atoms with Gasteiger partial charge in [-0.05, 0) is 29.1 Å². The third-order valence-corrected chi connectivity index (χ3v) is 3.57. The van der Waals surface area contributed by atoms with Crippen LogP contribution < -0.4 is 4.74 Å². The first kappa shape index (κ1) is 10.3. The Morgan fingerprint density at radius 2 is 1.88 bits per heavy atom. The molecule has 0 atom stereocenters. The minimum atomic E-state index is 0.909. The van der Waals surface area contributed by atoms with E-state index < -0.39 is 0 Å². The molecule has 0 spiro atoms. The molecule has 3 heteroatoms. The van der Waals surface area contributed by atoms with E-state index in [-0.39, 0.29) is 0 Å². The van der Waals surface area contributed by atoms with Crippen LogP contribution in [0.4, 0.5) is 0 Å². The highest BCUT2D eigenvalue weighted by Gasteiger charge is 2.09. The first-order valence-corrected chi connectivity index (χ1v) is 6.14. The molecule has 17 heavy (non-hydrogen) atoms. The molecule has 0 aliphatic carbocycles. The van der Waals surface area contributed by atoms with Gasteiger partial charge in [0.05, 0.1) is 12.0 Å². The minimum absolute atomic E-state index is 0.909. The lowest BCUT2D eigenvalue weighted by Crippen LogP contribution is -1.86. The van der Waals surface area contributed by atoms with Crippen LogP contribution in [-0.2, 0) is 0 Å². The van der Waals surface area contributed by atoms with Crippen LogP contribution in [-0.4, -0.2) is 11.5 Å². The number of hydrogen-bond acceptors (Lipinski definition) is 3. The first-order chi connectivity index (χ1) is 8.40. The summed E-state index contributed by atoms with van der Waals surface area (Å²) >= 11 is 1.50. The van der Waals surface area contributed by atoms with Gasteiger partial charge in [-0.3, -0.25) is 0 Å². The second-order valence-electron chi connectivity index (χ2n) is 3.74. The standard InChI is InChI=1S/C14H11NOS/c1-16-12-7-3-5-10-4-2-6-11(14(10)12)13-8-9-15-17-13/h2-9H,1H3. The lowest BCUT2D eigenvalue weighted by molar-refractivity contribution is 0.420. The van der Waals surface area contributed by atoms with Gasteiger partial charge in [0.15, 0.2) is 0 Å². The van der Waals surface area contributed by atoms with Crippen LogP contribution in [0.1, 0.15) is 0 Å². The fourth-order valence-electron chi connectivity index (χ4n) is 2.04. The van der Waals surface area contributed by atoms with Crippen molar-refractivity contribution < 1.29 is 4.74 Å². The van der Waals surface area contributed by atoms with Crippen molar-refractivity contribution in [3.63, 3.8) is 0 Å². The average molecular weight is 241 g/mol. The maximum absolute atomic E-state index is 5.45. The number of hydrogen-bond donors (Lipinski definition) is 0. The van der Waals surface area contributed by atoms with Gasteiger partial charge < -0.3 is 4.74 Å². The monoisotopic (exact) mass is 241 g/mol. The summed E-state index contributed by atoms with van der Waals surface area (Å²) in [6, 6.07) is 14.4. The SMILES string of the molecule is COc1cccc2cccc(-c3ccns3)c12. The smallest absolute Gasteiger partial charge is 0.127 e. The molecule has 0 aliphatic heterocycles. The summed E-state index contributed by atoms with van der Waals surface area (Å²) in [6.07, 6.45) is 1.83. The molecule has 0 saturated heterocycles. The van der Waals surface area contributed by atoms with Crippen LogP contribution >= 0.6 is 11.5 Å². The number of methoxy groups -OCH3 is 1. The molecule has 0 aliphatic rings. The molecule has 0 saturated carbocycles. The van der Waals surface area contributed by atoms with Crippen molar-refractivity contribution in [3.8, 4) is 16.2 Å². The van der Waals surface area contributed by atoms with Gasteiger partial charge in [0.2, 0.25) is 0 Å². The summed E-state index contributed by atoms with van der Waals surface area (Å²) in [5, 5.41) is 2.34. The number of aromatic nitrogens is 1. The summed E-state index contributed by atoms with van der Waals surface area (Å²) in [6.45, 7) is 0. The van der Waals surface area contributed by atoms with Crippen LogP contribution in [0.5, 0.6) is 5.75 Å². The molecule has 2 nitrogen and oxygen atoms in total. The molecule has 0 unspecified atom stereocenters. The van der Waals surface area contributed by atoms with E-state index in [9.17, 15) is 0 Å². The topological polar surface area (TPSA) is 22.1 Å². The van der Waals surface area contributed by atoms with E-state index in [1.54, 1.807) is 7.11 Å². The second kappa shape index (κ2) is 4.18.